The van der Waals surface area contributed by atoms with Crippen LogP contribution in [0.4, 0.5) is 0 Å². The lowest BCUT2D eigenvalue weighted by Gasteiger charge is -2.32. The summed E-state index contributed by atoms with van der Waals surface area (Å²) in [6.45, 7) is 11.9. The van der Waals surface area contributed by atoms with Crippen LogP contribution in [0.1, 0.15) is 50.2 Å². The van der Waals surface area contributed by atoms with Gasteiger partial charge in [-0.05, 0) is 37.8 Å². The second kappa shape index (κ2) is 11.3. The van der Waals surface area contributed by atoms with E-state index in [4.69, 9.17) is 0 Å². The lowest BCUT2D eigenvalue weighted by atomic mass is 9.98. The number of guanidine groups is 1. The molecule has 24 heavy (non-hydrogen) atoms. The molecule has 0 amide bonds. The van der Waals surface area contributed by atoms with Crippen molar-refractivity contribution in [3.05, 3.63) is 16.1 Å². The van der Waals surface area contributed by atoms with Gasteiger partial charge in [-0.15, -0.1) is 35.3 Å². The molecular formula is C17H32IN5S. The van der Waals surface area contributed by atoms with Crippen LogP contribution in [-0.2, 0) is 6.54 Å². The van der Waals surface area contributed by atoms with Gasteiger partial charge in [-0.25, -0.2) is 4.98 Å². The first-order valence-corrected chi connectivity index (χ1v) is 9.61. The lowest BCUT2D eigenvalue weighted by Crippen LogP contribution is -2.44. The first kappa shape index (κ1) is 21.6. The van der Waals surface area contributed by atoms with Gasteiger partial charge in [0.25, 0.3) is 0 Å². The fraction of sp³-hybridized carbons (Fsp3) is 0.765. The quantitative estimate of drug-likeness (QED) is 0.385. The normalized spacial score (nSPS) is 19.2. The van der Waals surface area contributed by atoms with E-state index >= 15 is 0 Å². The number of piperidine rings is 1. The van der Waals surface area contributed by atoms with Crippen molar-refractivity contribution in [3.63, 3.8) is 0 Å². The maximum atomic E-state index is 4.65. The number of aromatic nitrogens is 1. The van der Waals surface area contributed by atoms with E-state index in [1.54, 1.807) is 11.3 Å². The van der Waals surface area contributed by atoms with Crippen LogP contribution in [0.3, 0.4) is 0 Å². The number of thiazole rings is 1. The zero-order valence-electron chi connectivity index (χ0n) is 15.3. The van der Waals surface area contributed by atoms with Gasteiger partial charge in [0.1, 0.15) is 5.01 Å². The summed E-state index contributed by atoms with van der Waals surface area (Å²) in [7, 11) is 1.83. The molecule has 0 aromatic carbocycles. The minimum Gasteiger partial charge on any atom is -0.356 e. The van der Waals surface area contributed by atoms with E-state index in [2.05, 4.69) is 51.7 Å². The van der Waals surface area contributed by atoms with E-state index in [0.29, 0.717) is 5.92 Å². The molecule has 1 aromatic rings. The van der Waals surface area contributed by atoms with Gasteiger partial charge < -0.3 is 15.5 Å². The Morgan fingerprint density at radius 3 is 2.88 bits per heavy atom. The van der Waals surface area contributed by atoms with E-state index in [0.717, 1.165) is 36.5 Å². The van der Waals surface area contributed by atoms with Crippen LogP contribution >= 0.6 is 35.3 Å². The van der Waals surface area contributed by atoms with Gasteiger partial charge in [-0.3, -0.25) is 4.99 Å². The van der Waals surface area contributed by atoms with Gasteiger partial charge in [-0.1, -0.05) is 20.8 Å². The summed E-state index contributed by atoms with van der Waals surface area (Å²) in [4.78, 5) is 11.5. The van der Waals surface area contributed by atoms with Crippen LogP contribution in [0, 0.1) is 5.92 Å². The van der Waals surface area contributed by atoms with Crippen molar-refractivity contribution in [2.24, 2.45) is 10.9 Å². The van der Waals surface area contributed by atoms with Gasteiger partial charge in [0.15, 0.2) is 5.96 Å². The highest BCUT2D eigenvalue weighted by Gasteiger charge is 2.18. The van der Waals surface area contributed by atoms with Crippen molar-refractivity contribution in [1.82, 2.24) is 20.5 Å². The van der Waals surface area contributed by atoms with Gasteiger partial charge in [0.05, 0.1) is 12.2 Å². The zero-order valence-corrected chi connectivity index (χ0v) is 18.5. The second-order valence-corrected chi connectivity index (χ2v) is 7.47. The van der Waals surface area contributed by atoms with E-state index in [-0.39, 0.29) is 24.0 Å². The molecule has 1 aliphatic rings. The van der Waals surface area contributed by atoms with Crippen molar-refractivity contribution < 1.29 is 0 Å². The minimum atomic E-state index is 0. The Kier molecular flexibility index (Phi) is 10.1. The third-order valence-corrected chi connectivity index (χ3v) is 5.27. The summed E-state index contributed by atoms with van der Waals surface area (Å²) in [5.74, 6) is 2.08. The first-order valence-electron chi connectivity index (χ1n) is 8.73. The highest BCUT2D eigenvalue weighted by atomic mass is 127. The van der Waals surface area contributed by atoms with Crippen LogP contribution < -0.4 is 10.6 Å². The Morgan fingerprint density at radius 1 is 1.46 bits per heavy atom. The zero-order chi connectivity index (χ0) is 16.7. The van der Waals surface area contributed by atoms with Crippen LogP contribution in [0.25, 0.3) is 0 Å². The van der Waals surface area contributed by atoms with Gasteiger partial charge >= 0.3 is 0 Å². The Balaban J connectivity index is 0.00000288. The third kappa shape index (κ3) is 6.84. The highest BCUT2D eigenvalue weighted by molar-refractivity contribution is 14.0. The van der Waals surface area contributed by atoms with E-state index in [1.807, 2.05) is 7.05 Å². The predicted molar refractivity (Wildman–Crippen MR) is 115 cm³/mol. The SMILES string of the molecule is CCN1CCCC(CNC(=NC)NCc2nc(C(C)C)cs2)C1.I. The molecule has 7 heteroatoms. The summed E-state index contributed by atoms with van der Waals surface area (Å²) < 4.78 is 0. The Morgan fingerprint density at radius 2 is 2.25 bits per heavy atom. The van der Waals surface area contributed by atoms with E-state index in [1.165, 1.54) is 31.6 Å². The van der Waals surface area contributed by atoms with Gasteiger partial charge in [0.2, 0.25) is 0 Å². The highest BCUT2D eigenvalue weighted by Crippen LogP contribution is 2.17. The molecule has 138 valence electrons. The molecule has 2 heterocycles. The maximum absolute atomic E-state index is 4.65. The standard InChI is InChI=1S/C17H31N5S.HI/c1-5-22-8-6-7-14(11-22)9-19-17(18-4)20-10-16-21-15(12-23-16)13(2)3;/h12-14H,5-11H2,1-4H3,(H2,18,19,20);1H. The summed E-state index contributed by atoms with van der Waals surface area (Å²) in [6.07, 6.45) is 2.62. The topological polar surface area (TPSA) is 52.5 Å². The molecule has 0 spiro atoms. The smallest absolute Gasteiger partial charge is 0.191 e. The molecule has 0 aliphatic carbocycles. The number of nitrogens with zero attached hydrogens (tertiary/aromatic N) is 3. The molecule has 5 nitrogen and oxygen atoms in total. The Labute approximate surface area is 167 Å². The van der Waals surface area contributed by atoms with Gasteiger partial charge in [0, 0.05) is 25.5 Å². The largest absolute Gasteiger partial charge is 0.356 e. The molecule has 1 saturated heterocycles. The second-order valence-electron chi connectivity index (χ2n) is 6.53. The molecule has 2 N–H and O–H groups in total. The van der Waals surface area contributed by atoms with Crippen LogP contribution in [-0.4, -0.2) is 49.1 Å². The van der Waals surface area contributed by atoms with Crippen molar-refractivity contribution >= 4 is 41.3 Å². The molecule has 1 aromatic heterocycles. The number of halogens is 1. The average molecular weight is 465 g/mol. The summed E-state index contributed by atoms with van der Waals surface area (Å²) in [5, 5.41) is 10.1. The Bertz CT molecular complexity index is 503. The van der Waals surface area contributed by atoms with Crippen LogP contribution in [0.5, 0.6) is 0 Å². The van der Waals surface area contributed by atoms with E-state index in [9.17, 15) is 0 Å². The number of nitrogens with one attached hydrogen (secondary N) is 2. The number of hydrogen-bond acceptors (Lipinski definition) is 4. The molecule has 1 atom stereocenters. The maximum Gasteiger partial charge on any atom is 0.191 e. The number of likely N-dealkylation sites (tertiary alicyclic amines) is 1. The fourth-order valence-corrected chi connectivity index (χ4v) is 3.79. The number of rotatable bonds is 6. The lowest BCUT2D eigenvalue weighted by molar-refractivity contribution is 0.183. The van der Waals surface area contributed by atoms with Gasteiger partial charge in [-0.2, -0.15) is 0 Å². The first-order chi connectivity index (χ1) is 11.1. The third-order valence-electron chi connectivity index (χ3n) is 4.40. The molecule has 1 unspecified atom stereocenters. The molecular weight excluding hydrogens is 433 g/mol. The average Bonchev–Trinajstić information content (AvgIpc) is 3.04. The molecule has 0 radical (unpaired) electrons. The molecule has 1 aliphatic heterocycles. The summed E-state index contributed by atoms with van der Waals surface area (Å²) in [5.41, 5.74) is 1.18. The van der Waals surface area contributed by atoms with Crippen molar-refractivity contribution in [3.8, 4) is 0 Å². The van der Waals surface area contributed by atoms with Crippen molar-refractivity contribution in [2.45, 2.75) is 46.1 Å². The van der Waals surface area contributed by atoms with Crippen LogP contribution in [0.2, 0.25) is 0 Å². The number of hydrogen-bond donors (Lipinski definition) is 2. The monoisotopic (exact) mass is 465 g/mol. The summed E-state index contributed by atoms with van der Waals surface area (Å²) in [6, 6.07) is 0. The minimum absolute atomic E-state index is 0. The predicted octanol–water partition coefficient (Wildman–Crippen LogP) is 3.28. The van der Waals surface area contributed by atoms with E-state index < -0.39 is 0 Å². The molecule has 1 fully saturated rings. The number of aliphatic imine (C=N–C) groups is 1. The van der Waals surface area contributed by atoms with Crippen LogP contribution in [0.15, 0.2) is 10.4 Å². The Hall–Kier alpha value is -0.410. The van der Waals surface area contributed by atoms with Crippen molar-refractivity contribution in [2.75, 3.05) is 33.2 Å². The molecule has 2 rings (SSSR count). The fourth-order valence-electron chi connectivity index (χ4n) is 2.90. The van der Waals surface area contributed by atoms with Crippen molar-refractivity contribution in [1.29, 1.82) is 0 Å². The molecule has 0 saturated carbocycles. The summed E-state index contributed by atoms with van der Waals surface area (Å²) >= 11 is 1.72. The molecule has 0 bridgehead atoms.